The summed E-state index contributed by atoms with van der Waals surface area (Å²) in [6.07, 6.45) is 0.162. The van der Waals surface area contributed by atoms with Crippen molar-refractivity contribution in [1.82, 2.24) is 9.80 Å². The molecule has 1 aromatic rings. The Hall–Kier alpha value is -0.610. The lowest BCUT2D eigenvalue weighted by Crippen LogP contribution is -2.76. The number of halogens is 1. The lowest BCUT2D eigenvalue weighted by molar-refractivity contribution is -0.253. The standard InChI is InChI=1S/C16H21ClN2O/c1-15-7-18-9-16(2,14(15)20)10-19(8-15)13(18)11-3-5-12(17)6-4-11/h3-6,13-14,20H,7-10H2,1-2H3. The van der Waals surface area contributed by atoms with E-state index >= 15 is 0 Å². The Morgan fingerprint density at radius 3 is 1.90 bits per heavy atom. The van der Waals surface area contributed by atoms with Gasteiger partial charge < -0.3 is 5.11 Å². The first-order valence-electron chi connectivity index (χ1n) is 7.33. The van der Waals surface area contributed by atoms with Gasteiger partial charge in [-0.3, -0.25) is 9.80 Å². The number of aliphatic hydroxyl groups excluding tert-OH is 1. The third kappa shape index (κ3) is 1.64. The second kappa shape index (κ2) is 3.98. The lowest BCUT2D eigenvalue weighted by atomic mass is 9.60. The fourth-order valence-corrected chi connectivity index (χ4v) is 5.01. The van der Waals surface area contributed by atoms with Crippen LogP contribution in [0.25, 0.3) is 0 Å². The molecule has 0 spiro atoms. The van der Waals surface area contributed by atoms with Crippen molar-refractivity contribution in [1.29, 1.82) is 0 Å². The molecule has 0 aliphatic carbocycles. The highest BCUT2D eigenvalue weighted by atomic mass is 35.5. The number of nitrogens with zero attached hydrogens (tertiary/aromatic N) is 2. The third-order valence-electron chi connectivity index (χ3n) is 5.44. The van der Waals surface area contributed by atoms with E-state index in [0.29, 0.717) is 6.17 Å². The number of hydrogen-bond acceptors (Lipinski definition) is 3. The highest BCUT2D eigenvalue weighted by molar-refractivity contribution is 6.30. The van der Waals surface area contributed by atoms with Gasteiger partial charge in [0.05, 0.1) is 12.3 Å². The van der Waals surface area contributed by atoms with Crippen LogP contribution in [0.1, 0.15) is 25.6 Å². The minimum Gasteiger partial charge on any atom is -0.392 e. The van der Waals surface area contributed by atoms with Gasteiger partial charge in [-0.15, -0.1) is 0 Å². The molecule has 4 aliphatic heterocycles. The van der Waals surface area contributed by atoms with Crippen LogP contribution in [0.15, 0.2) is 24.3 Å². The van der Waals surface area contributed by atoms with Gasteiger partial charge in [0.2, 0.25) is 0 Å². The molecule has 0 saturated carbocycles. The molecule has 0 atom stereocenters. The van der Waals surface area contributed by atoms with Crippen LogP contribution >= 0.6 is 11.6 Å². The van der Waals surface area contributed by atoms with Crippen molar-refractivity contribution in [2.24, 2.45) is 10.8 Å². The third-order valence-corrected chi connectivity index (χ3v) is 5.69. The van der Waals surface area contributed by atoms with E-state index in [0.717, 1.165) is 31.2 Å². The molecule has 4 saturated heterocycles. The van der Waals surface area contributed by atoms with Crippen LogP contribution in [0.4, 0.5) is 0 Å². The summed E-state index contributed by atoms with van der Waals surface area (Å²) in [5.41, 5.74) is 1.33. The zero-order valence-corrected chi connectivity index (χ0v) is 12.8. The van der Waals surface area contributed by atoms with Gasteiger partial charge in [-0.2, -0.15) is 0 Å². The van der Waals surface area contributed by atoms with E-state index in [-0.39, 0.29) is 16.9 Å². The topological polar surface area (TPSA) is 26.7 Å². The molecule has 4 heteroatoms. The smallest absolute Gasteiger partial charge is 0.0887 e. The molecule has 20 heavy (non-hydrogen) atoms. The quantitative estimate of drug-likeness (QED) is 0.861. The summed E-state index contributed by atoms with van der Waals surface area (Å²) < 4.78 is 0. The predicted octanol–water partition coefficient (Wildman–Crippen LogP) is 2.36. The summed E-state index contributed by atoms with van der Waals surface area (Å²) in [5, 5.41) is 11.5. The Morgan fingerprint density at radius 2 is 1.45 bits per heavy atom. The van der Waals surface area contributed by atoms with Crippen LogP contribution in [0.2, 0.25) is 5.02 Å². The van der Waals surface area contributed by atoms with Gasteiger partial charge in [-0.05, 0) is 17.7 Å². The van der Waals surface area contributed by atoms with Crippen molar-refractivity contribution in [3.63, 3.8) is 0 Å². The van der Waals surface area contributed by atoms with Gasteiger partial charge >= 0.3 is 0 Å². The predicted molar refractivity (Wildman–Crippen MR) is 79.6 cm³/mol. The van der Waals surface area contributed by atoms with E-state index in [1.54, 1.807) is 0 Å². The molecule has 4 fully saturated rings. The van der Waals surface area contributed by atoms with Crippen molar-refractivity contribution in [2.75, 3.05) is 26.2 Å². The average molecular weight is 293 g/mol. The van der Waals surface area contributed by atoms with Crippen LogP contribution in [0, 0.1) is 10.8 Å². The Kier molecular flexibility index (Phi) is 2.60. The molecule has 0 unspecified atom stereocenters. The maximum atomic E-state index is 10.7. The Balaban J connectivity index is 1.72. The largest absolute Gasteiger partial charge is 0.392 e. The fourth-order valence-electron chi connectivity index (χ4n) is 4.89. The van der Waals surface area contributed by atoms with Gasteiger partial charge in [0.1, 0.15) is 0 Å². The highest BCUT2D eigenvalue weighted by Gasteiger charge is 2.61. The van der Waals surface area contributed by atoms with Crippen molar-refractivity contribution < 1.29 is 5.11 Å². The van der Waals surface area contributed by atoms with E-state index < -0.39 is 0 Å². The lowest BCUT2D eigenvalue weighted by Gasteiger charge is -2.68. The Labute approximate surface area is 125 Å². The molecular weight excluding hydrogens is 272 g/mol. The molecule has 4 aliphatic rings. The summed E-state index contributed by atoms with van der Waals surface area (Å²) in [6.45, 7) is 8.38. The zero-order valence-electron chi connectivity index (χ0n) is 12.0. The summed E-state index contributed by atoms with van der Waals surface area (Å²) >= 11 is 6.00. The van der Waals surface area contributed by atoms with Crippen LogP contribution in [-0.2, 0) is 0 Å². The Morgan fingerprint density at radius 1 is 1.00 bits per heavy atom. The van der Waals surface area contributed by atoms with Crippen LogP contribution in [0.5, 0.6) is 0 Å². The van der Waals surface area contributed by atoms with Gasteiger partial charge in [-0.1, -0.05) is 37.6 Å². The SMILES string of the molecule is CC12CN3CC(C)(CN(C1)C3c1ccc(Cl)cc1)C2O. The summed E-state index contributed by atoms with van der Waals surface area (Å²) in [4.78, 5) is 5.06. The second-order valence-corrected chi connectivity index (χ2v) is 7.88. The first-order chi connectivity index (χ1) is 9.41. The van der Waals surface area contributed by atoms with Crippen molar-refractivity contribution in [2.45, 2.75) is 26.1 Å². The first-order valence-corrected chi connectivity index (χ1v) is 7.71. The summed E-state index contributed by atoms with van der Waals surface area (Å²) in [6, 6.07) is 8.22. The van der Waals surface area contributed by atoms with Gasteiger partial charge in [0.15, 0.2) is 0 Å². The normalized spacial score (nSPS) is 49.6. The van der Waals surface area contributed by atoms with E-state index in [9.17, 15) is 5.11 Å². The summed E-state index contributed by atoms with van der Waals surface area (Å²) in [7, 11) is 0. The van der Waals surface area contributed by atoms with E-state index in [1.165, 1.54) is 5.56 Å². The van der Waals surface area contributed by atoms with Gasteiger partial charge in [-0.25, -0.2) is 0 Å². The van der Waals surface area contributed by atoms with E-state index in [2.05, 4.69) is 35.8 Å². The van der Waals surface area contributed by atoms with Crippen LogP contribution in [0.3, 0.4) is 0 Å². The molecule has 1 aromatic carbocycles. The number of piperidine rings is 2. The maximum absolute atomic E-state index is 10.7. The van der Waals surface area contributed by atoms with Crippen molar-refractivity contribution in [3.05, 3.63) is 34.9 Å². The van der Waals surface area contributed by atoms with E-state index in [1.807, 2.05) is 12.1 Å². The van der Waals surface area contributed by atoms with Gasteiger partial charge in [0, 0.05) is 42.0 Å². The molecule has 3 nitrogen and oxygen atoms in total. The Bertz CT molecular complexity index is 506. The highest BCUT2D eigenvalue weighted by Crippen LogP contribution is 2.54. The monoisotopic (exact) mass is 292 g/mol. The molecule has 0 amide bonds. The van der Waals surface area contributed by atoms with Crippen molar-refractivity contribution >= 4 is 11.6 Å². The molecule has 1 N–H and O–H groups in total. The molecular formula is C16H21ClN2O. The molecule has 4 heterocycles. The molecule has 0 radical (unpaired) electrons. The molecule has 0 aromatic heterocycles. The van der Waals surface area contributed by atoms with Crippen LogP contribution in [-0.4, -0.2) is 47.2 Å². The molecule has 108 valence electrons. The van der Waals surface area contributed by atoms with Gasteiger partial charge in [0.25, 0.3) is 0 Å². The minimum absolute atomic E-state index is 0.00811. The first kappa shape index (κ1) is 13.1. The number of aliphatic hydroxyl groups is 1. The fraction of sp³-hybridized carbons (Fsp3) is 0.625. The second-order valence-electron chi connectivity index (χ2n) is 7.45. The summed E-state index contributed by atoms with van der Waals surface area (Å²) in [5.74, 6) is 0. The molecule has 4 bridgehead atoms. The molecule has 5 rings (SSSR count). The maximum Gasteiger partial charge on any atom is 0.0887 e. The average Bonchev–Trinajstić information content (AvgIpc) is 2.36. The minimum atomic E-state index is -0.186. The van der Waals surface area contributed by atoms with E-state index in [4.69, 9.17) is 11.6 Å². The van der Waals surface area contributed by atoms with Crippen LogP contribution < -0.4 is 0 Å². The zero-order chi connectivity index (χ0) is 14.1. The number of benzene rings is 1. The van der Waals surface area contributed by atoms with Crippen molar-refractivity contribution in [3.8, 4) is 0 Å². The number of hydrogen-bond donors (Lipinski definition) is 1. The number of rotatable bonds is 1.